The highest BCUT2D eigenvalue weighted by Crippen LogP contribution is 2.20. The molecule has 1 aromatic rings. The van der Waals surface area contributed by atoms with Crippen molar-refractivity contribution < 1.29 is 9.21 Å². The molecular weight excluding hydrogens is 214 g/mol. The Balaban J connectivity index is 2.09. The second-order valence-electron chi connectivity index (χ2n) is 3.81. The van der Waals surface area contributed by atoms with Gasteiger partial charge in [-0.3, -0.25) is 4.79 Å². The lowest BCUT2D eigenvalue weighted by atomic mass is 10.2. The Hall–Kier alpha value is -0.960. The lowest BCUT2D eigenvalue weighted by Gasteiger charge is -2.19. The second-order valence-corrected chi connectivity index (χ2v) is 4.16. The molecule has 15 heavy (non-hydrogen) atoms. The average Bonchev–Trinajstić information content (AvgIpc) is 2.53. The number of likely N-dealkylation sites (tertiary alicyclic amines) is 1. The summed E-state index contributed by atoms with van der Waals surface area (Å²) in [5.41, 5.74) is 0.485. The van der Waals surface area contributed by atoms with Crippen LogP contribution in [0, 0.1) is 0 Å². The van der Waals surface area contributed by atoms with Crippen molar-refractivity contribution in [2.75, 3.05) is 13.1 Å². The first-order valence-corrected chi connectivity index (χ1v) is 5.69. The van der Waals surface area contributed by atoms with Crippen molar-refractivity contribution in [3.8, 4) is 0 Å². The Labute approximate surface area is 94.0 Å². The fraction of sp³-hybridized carbons (Fsp3) is 0.545. The molecule has 1 aromatic heterocycles. The molecule has 0 aliphatic carbocycles. The number of carbonyl (C=O) groups is 1. The summed E-state index contributed by atoms with van der Waals surface area (Å²) in [5, 5.41) is 0.198. The highest BCUT2D eigenvalue weighted by Gasteiger charge is 2.20. The molecule has 82 valence electrons. The largest absolute Gasteiger partial charge is 0.452 e. The molecular formula is C11H14ClNO2. The third-order valence-corrected chi connectivity index (χ3v) is 3.03. The van der Waals surface area contributed by atoms with Crippen molar-refractivity contribution in [3.63, 3.8) is 0 Å². The molecule has 0 radical (unpaired) electrons. The van der Waals surface area contributed by atoms with Crippen LogP contribution in [0.3, 0.4) is 0 Å². The van der Waals surface area contributed by atoms with Crippen LogP contribution >= 0.6 is 11.6 Å². The van der Waals surface area contributed by atoms with Gasteiger partial charge < -0.3 is 9.32 Å². The minimum atomic E-state index is -0.00403. The minimum absolute atomic E-state index is 0.00403. The smallest absolute Gasteiger partial charge is 0.258 e. The van der Waals surface area contributed by atoms with Crippen molar-refractivity contribution in [1.29, 1.82) is 0 Å². The maximum atomic E-state index is 12.0. The molecule has 1 aliphatic heterocycles. The number of nitrogens with zero attached hydrogens (tertiary/aromatic N) is 1. The first-order chi connectivity index (χ1) is 7.29. The van der Waals surface area contributed by atoms with Crippen LogP contribution < -0.4 is 0 Å². The number of halogens is 1. The van der Waals surface area contributed by atoms with Gasteiger partial charge in [0.15, 0.2) is 0 Å². The number of hydrogen-bond acceptors (Lipinski definition) is 2. The first-order valence-electron chi connectivity index (χ1n) is 5.31. The average molecular weight is 228 g/mol. The van der Waals surface area contributed by atoms with Crippen LogP contribution in [0.15, 0.2) is 16.7 Å². The van der Waals surface area contributed by atoms with E-state index in [1.165, 1.54) is 19.1 Å². The summed E-state index contributed by atoms with van der Waals surface area (Å²) >= 11 is 5.78. The fourth-order valence-electron chi connectivity index (χ4n) is 1.89. The molecule has 0 spiro atoms. The number of furan rings is 1. The standard InChI is InChI=1S/C11H14ClNO2/c12-10-9(5-8-15-10)11(14)13-6-3-1-2-4-7-13/h5,8H,1-4,6-7H2. The summed E-state index contributed by atoms with van der Waals surface area (Å²) in [6.45, 7) is 1.67. The molecule has 0 aromatic carbocycles. The summed E-state index contributed by atoms with van der Waals surface area (Å²) in [4.78, 5) is 13.9. The summed E-state index contributed by atoms with van der Waals surface area (Å²) in [7, 11) is 0. The summed E-state index contributed by atoms with van der Waals surface area (Å²) in [6, 6.07) is 1.63. The van der Waals surface area contributed by atoms with Gasteiger partial charge in [0.05, 0.1) is 11.8 Å². The molecule has 1 aliphatic rings. The monoisotopic (exact) mass is 227 g/mol. The van der Waals surface area contributed by atoms with Crippen molar-refractivity contribution >= 4 is 17.5 Å². The van der Waals surface area contributed by atoms with E-state index in [-0.39, 0.29) is 11.1 Å². The second kappa shape index (κ2) is 4.71. The quantitative estimate of drug-likeness (QED) is 0.739. The van der Waals surface area contributed by atoms with Crippen molar-refractivity contribution in [2.24, 2.45) is 0 Å². The summed E-state index contributed by atoms with van der Waals surface area (Å²) < 4.78 is 4.93. The zero-order chi connectivity index (χ0) is 10.7. The molecule has 1 fully saturated rings. The van der Waals surface area contributed by atoms with Crippen LogP contribution in [-0.2, 0) is 0 Å². The lowest BCUT2D eigenvalue weighted by molar-refractivity contribution is 0.0761. The van der Waals surface area contributed by atoms with E-state index in [1.54, 1.807) is 6.07 Å². The van der Waals surface area contributed by atoms with E-state index >= 15 is 0 Å². The maximum Gasteiger partial charge on any atom is 0.258 e. The van der Waals surface area contributed by atoms with Crippen LogP contribution in [0.2, 0.25) is 5.22 Å². The number of hydrogen-bond donors (Lipinski definition) is 0. The Morgan fingerprint density at radius 1 is 1.27 bits per heavy atom. The highest BCUT2D eigenvalue weighted by molar-refractivity contribution is 6.32. The van der Waals surface area contributed by atoms with E-state index in [0.29, 0.717) is 5.56 Å². The van der Waals surface area contributed by atoms with E-state index < -0.39 is 0 Å². The van der Waals surface area contributed by atoms with Gasteiger partial charge in [-0.2, -0.15) is 0 Å². The SMILES string of the molecule is O=C(c1ccoc1Cl)N1CCCCCC1. The molecule has 0 unspecified atom stereocenters. The van der Waals surface area contributed by atoms with Gasteiger partial charge in [-0.25, -0.2) is 0 Å². The van der Waals surface area contributed by atoms with Gasteiger partial charge >= 0.3 is 0 Å². The molecule has 0 bridgehead atoms. The molecule has 2 rings (SSSR count). The predicted octanol–water partition coefficient (Wildman–Crippen LogP) is 2.95. The third kappa shape index (κ3) is 2.34. The Morgan fingerprint density at radius 3 is 2.47 bits per heavy atom. The number of amides is 1. The topological polar surface area (TPSA) is 33.5 Å². The molecule has 0 N–H and O–H groups in total. The molecule has 0 saturated carbocycles. The van der Waals surface area contributed by atoms with E-state index in [4.69, 9.17) is 16.0 Å². The van der Waals surface area contributed by atoms with Crippen LogP contribution in [0.25, 0.3) is 0 Å². The maximum absolute atomic E-state index is 12.0. The Morgan fingerprint density at radius 2 is 1.93 bits per heavy atom. The highest BCUT2D eigenvalue weighted by atomic mass is 35.5. The zero-order valence-corrected chi connectivity index (χ0v) is 9.29. The third-order valence-electron chi connectivity index (χ3n) is 2.74. The number of rotatable bonds is 1. The van der Waals surface area contributed by atoms with Gasteiger partial charge in [0.2, 0.25) is 5.22 Å². The van der Waals surface area contributed by atoms with E-state index in [9.17, 15) is 4.79 Å². The Kier molecular flexibility index (Phi) is 3.31. The van der Waals surface area contributed by atoms with Gasteiger partial charge in [0.1, 0.15) is 0 Å². The van der Waals surface area contributed by atoms with Crippen LogP contribution in [0.4, 0.5) is 0 Å². The normalized spacial score (nSPS) is 17.5. The predicted molar refractivity (Wildman–Crippen MR) is 58.1 cm³/mol. The van der Waals surface area contributed by atoms with Gasteiger partial charge in [-0.1, -0.05) is 12.8 Å². The summed E-state index contributed by atoms with van der Waals surface area (Å²) in [5.74, 6) is -0.00403. The Bertz CT molecular complexity index is 340. The lowest BCUT2D eigenvalue weighted by Crippen LogP contribution is -2.31. The van der Waals surface area contributed by atoms with E-state index in [0.717, 1.165) is 25.9 Å². The van der Waals surface area contributed by atoms with Gasteiger partial charge in [0, 0.05) is 13.1 Å². The van der Waals surface area contributed by atoms with Crippen LogP contribution in [0.5, 0.6) is 0 Å². The molecule has 1 saturated heterocycles. The van der Waals surface area contributed by atoms with E-state index in [2.05, 4.69) is 0 Å². The number of carbonyl (C=O) groups excluding carboxylic acids is 1. The van der Waals surface area contributed by atoms with Gasteiger partial charge in [0.25, 0.3) is 5.91 Å². The summed E-state index contributed by atoms with van der Waals surface area (Å²) in [6.07, 6.45) is 6.04. The molecule has 4 heteroatoms. The minimum Gasteiger partial charge on any atom is -0.452 e. The first kappa shape index (κ1) is 10.6. The van der Waals surface area contributed by atoms with Crippen molar-refractivity contribution in [2.45, 2.75) is 25.7 Å². The fourth-order valence-corrected chi connectivity index (χ4v) is 2.09. The van der Waals surface area contributed by atoms with Gasteiger partial charge in [-0.15, -0.1) is 0 Å². The van der Waals surface area contributed by atoms with E-state index in [1.807, 2.05) is 4.90 Å². The van der Waals surface area contributed by atoms with Crippen LogP contribution in [0.1, 0.15) is 36.0 Å². The van der Waals surface area contributed by atoms with Crippen LogP contribution in [-0.4, -0.2) is 23.9 Å². The zero-order valence-electron chi connectivity index (χ0n) is 8.54. The van der Waals surface area contributed by atoms with Crippen molar-refractivity contribution in [1.82, 2.24) is 4.90 Å². The van der Waals surface area contributed by atoms with Gasteiger partial charge in [-0.05, 0) is 30.5 Å². The molecule has 0 atom stereocenters. The van der Waals surface area contributed by atoms with Crippen molar-refractivity contribution in [3.05, 3.63) is 23.1 Å². The molecule has 2 heterocycles. The molecule has 3 nitrogen and oxygen atoms in total. The molecule has 1 amide bonds.